The Bertz CT molecular complexity index is 1700. The molecule has 0 saturated heterocycles. The number of aromatic nitrogens is 2. The number of nitrogens with zero attached hydrogens (tertiary/aromatic N) is 2. The van der Waals surface area contributed by atoms with E-state index in [2.05, 4.69) is 4.98 Å². The van der Waals surface area contributed by atoms with Crippen LogP contribution in [0.3, 0.4) is 0 Å². The lowest BCUT2D eigenvalue weighted by atomic mass is 9.98. The number of benzene rings is 3. The van der Waals surface area contributed by atoms with E-state index in [4.69, 9.17) is 16.3 Å². The first-order valence-corrected chi connectivity index (χ1v) is 14.9. The molecule has 1 aromatic heterocycles. The molecule has 0 saturated carbocycles. The number of aliphatic carboxylic acids is 1. The highest BCUT2D eigenvalue weighted by molar-refractivity contribution is 6.31. The van der Waals surface area contributed by atoms with E-state index in [1.165, 1.54) is 22.8 Å². The fourth-order valence-corrected chi connectivity index (χ4v) is 5.45. The van der Waals surface area contributed by atoms with Crippen LogP contribution in [0.25, 0.3) is 11.1 Å². The monoisotopic (exact) mass is 626 g/mol. The average Bonchev–Trinajstić information content (AvgIpc) is 2.97. The van der Waals surface area contributed by atoms with E-state index >= 15 is 0 Å². The standard InChI is InChI=1S/C34H34ClF3N2O4/c1-4-6-16-29-39-21(3)30(24-12-7-9-14-26(24)34(36,37)38)32(41)40(29)20-22-17-18-28(23(19-22)11-5-2)44-31(33(42)43)25-13-8-10-15-27(25)35/h7-10,12-15,17-19,31H,4-6,11,16,20H2,1-3H3,(H,42,43). The van der Waals surface area contributed by atoms with E-state index in [1.807, 2.05) is 19.9 Å². The van der Waals surface area contributed by atoms with Crippen LogP contribution in [0.2, 0.25) is 5.02 Å². The van der Waals surface area contributed by atoms with Crippen LogP contribution in [0.4, 0.5) is 13.2 Å². The van der Waals surface area contributed by atoms with E-state index in [-0.39, 0.29) is 28.4 Å². The summed E-state index contributed by atoms with van der Waals surface area (Å²) in [7, 11) is 0. The number of alkyl halides is 3. The van der Waals surface area contributed by atoms with E-state index in [0.29, 0.717) is 35.5 Å². The number of hydrogen-bond acceptors (Lipinski definition) is 4. The van der Waals surface area contributed by atoms with Gasteiger partial charge in [-0.2, -0.15) is 13.2 Å². The molecule has 0 aliphatic carbocycles. The summed E-state index contributed by atoms with van der Waals surface area (Å²) in [5, 5.41) is 10.2. The molecule has 0 aliphatic rings. The molecule has 0 spiro atoms. The van der Waals surface area contributed by atoms with Gasteiger partial charge < -0.3 is 9.84 Å². The van der Waals surface area contributed by atoms with Crippen LogP contribution in [0.15, 0.2) is 71.5 Å². The number of halogens is 4. The van der Waals surface area contributed by atoms with Crippen molar-refractivity contribution in [1.82, 2.24) is 9.55 Å². The fraction of sp³-hybridized carbons (Fsp3) is 0.324. The van der Waals surface area contributed by atoms with Crippen molar-refractivity contribution in [3.8, 4) is 16.9 Å². The van der Waals surface area contributed by atoms with Crippen LogP contribution in [0, 0.1) is 6.92 Å². The number of ether oxygens (including phenoxy) is 1. The second-order valence-corrected chi connectivity index (χ2v) is 11.0. The molecule has 0 bridgehead atoms. The number of rotatable bonds is 12. The molecule has 1 heterocycles. The summed E-state index contributed by atoms with van der Waals surface area (Å²) in [5.41, 5.74) is 0.244. The molecular formula is C34H34ClF3N2O4. The van der Waals surface area contributed by atoms with Gasteiger partial charge >= 0.3 is 12.1 Å². The molecule has 4 aromatic rings. The van der Waals surface area contributed by atoms with Gasteiger partial charge in [-0.05, 0) is 49.1 Å². The summed E-state index contributed by atoms with van der Waals surface area (Å²) in [6, 6.07) is 16.8. The fourth-order valence-electron chi connectivity index (χ4n) is 5.22. The van der Waals surface area contributed by atoms with Crippen LogP contribution >= 0.6 is 11.6 Å². The number of unbranched alkanes of at least 4 members (excludes halogenated alkanes) is 1. The Morgan fingerprint density at radius 3 is 2.39 bits per heavy atom. The molecule has 1 atom stereocenters. The van der Waals surface area contributed by atoms with Crippen LogP contribution < -0.4 is 10.3 Å². The third-order valence-corrected chi connectivity index (χ3v) is 7.67. The summed E-state index contributed by atoms with van der Waals surface area (Å²) >= 11 is 6.27. The van der Waals surface area contributed by atoms with Crippen molar-refractivity contribution >= 4 is 17.6 Å². The van der Waals surface area contributed by atoms with Gasteiger partial charge in [0.2, 0.25) is 6.10 Å². The number of aryl methyl sites for hydroxylation is 3. The minimum Gasteiger partial charge on any atom is -0.478 e. The van der Waals surface area contributed by atoms with Crippen molar-refractivity contribution in [3.63, 3.8) is 0 Å². The average molecular weight is 627 g/mol. The third kappa shape index (κ3) is 7.33. The van der Waals surface area contributed by atoms with Crippen LogP contribution in [0.1, 0.15) is 73.0 Å². The van der Waals surface area contributed by atoms with E-state index in [1.54, 1.807) is 43.3 Å². The summed E-state index contributed by atoms with van der Waals surface area (Å²) in [5.74, 6) is -0.345. The van der Waals surface area contributed by atoms with Gasteiger partial charge in [-0.1, -0.05) is 86.8 Å². The van der Waals surface area contributed by atoms with Crippen molar-refractivity contribution in [3.05, 3.63) is 116 Å². The highest BCUT2D eigenvalue weighted by Gasteiger charge is 2.35. The Labute approximate surface area is 259 Å². The lowest BCUT2D eigenvalue weighted by Crippen LogP contribution is -2.29. The van der Waals surface area contributed by atoms with Gasteiger partial charge in [-0.15, -0.1) is 0 Å². The maximum atomic E-state index is 14.0. The molecular weight excluding hydrogens is 593 g/mol. The molecule has 0 aliphatic heterocycles. The van der Waals surface area contributed by atoms with E-state index in [9.17, 15) is 27.9 Å². The van der Waals surface area contributed by atoms with Gasteiger partial charge in [-0.25, -0.2) is 9.78 Å². The Morgan fingerprint density at radius 2 is 1.73 bits per heavy atom. The van der Waals surface area contributed by atoms with E-state index in [0.717, 1.165) is 30.9 Å². The normalized spacial score (nSPS) is 12.2. The molecule has 0 amide bonds. The molecule has 3 aromatic carbocycles. The summed E-state index contributed by atoms with van der Waals surface area (Å²) < 4.78 is 49.2. The van der Waals surface area contributed by atoms with Gasteiger partial charge in [0.15, 0.2) is 0 Å². The number of carboxylic acids is 1. The molecule has 4 rings (SSSR count). The SMILES string of the molecule is CCCCc1nc(C)c(-c2ccccc2C(F)(F)F)c(=O)n1Cc1ccc(OC(C(=O)O)c2ccccc2Cl)c(CCC)c1. The first kappa shape index (κ1) is 32.8. The van der Waals surface area contributed by atoms with Gasteiger partial charge in [0, 0.05) is 22.6 Å². The van der Waals surface area contributed by atoms with Crippen molar-refractivity contribution in [2.45, 2.75) is 71.7 Å². The third-order valence-electron chi connectivity index (χ3n) is 7.33. The van der Waals surface area contributed by atoms with Gasteiger partial charge in [0.1, 0.15) is 11.6 Å². The molecule has 6 nitrogen and oxygen atoms in total. The topological polar surface area (TPSA) is 81.4 Å². The smallest absolute Gasteiger partial charge is 0.417 e. The largest absolute Gasteiger partial charge is 0.478 e. The zero-order chi connectivity index (χ0) is 32.0. The molecule has 44 heavy (non-hydrogen) atoms. The van der Waals surface area contributed by atoms with Crippen molar-refractivity contribution in [2.75, 3.05) is 0 Å². The predicted molar refractivity (Wildman–Crippen MR) is 164 cm³/mol. The Balaban J connectivity index is 1.79. The summed E-state index contributed by atoms with van der Waals surface area (Å²) in [4.78, 5) is 30.8. The summed E-state index contributed by atoms with van der Waals surface area (Å²) in [6.07, 6.45) is -2.63. The number of carbonyl (C=O) groups is 1. The van der Waals surface area contributed by atoms with Crippen LogP contribution in [-0.2, 0) is 30.4 Å². The zero-order valence-corrected chi connectivity index (χ0v) is 25.5. The second kappa shape index (κ2) is 14.1. The molecule has 232 valence electrons. The predicted octanol–water partition coefficient (Wildman–Crippen LogP) is 8.44. The first-order chi connectivity index (χ1) is 21.0. The molecule has 0 radical (unpaired) electrons. The van der Waals surface area contributed by atoms with Gasteiger partial charge in [-0.3, -0.25) is 9.36 Å². The Morgan fingerprint density at radius 1 is 1.02 bits per heavy atom. The van der Waals surface area contributed by atoms with Crippen molar-refractivity contribution in [2.24, 2.45) is 0 Å². The lowest BCUT2D eigenvalue weighted by Gasteiger charge is -2.21. The molecule has 0 fully saturated rings. The summed E-state index contributed by atoms with van der Waals surface area (Å²) in [6.45, 7) is 5.61. The molecule has 1 N–H and O–H groups in total. The zero-order valence-electron chi connectivity index (χ0n) is 24.7. The minimum absolute atomic E-state index is 0.0657. The molecule has 10 heteroatoms. The number of carboxylic acid groups (broad SMARTS) is 1. The maximum absolute atomic E-state index is 14.0. The van der Waals surface area contributed by atoms with Gasteiger partial charge in [0.25, 0.3) is 5.56 Å². The Kier molecular flexibility index (Phi) is 10.5. The highest BCUT2D eigenvalue weighted by Crippen LogP contribution is 2.37. The van der Waals surface area contributed by atoms with Crippen LogP contribution in [-0.4, -0.2) is 20.6 Å². The Hall–Kier alpha value is -4.11. The van der Waals surface area contributed by atoms with Crippen molar-refractivity contribution in [1.29, 1.82) is 0 Å². The van der Waals surface area contributed by atoms with Gasteiger partial charge in [0.05, 0.1) is 23.4 Å². The first-order valence-electron chi connectivity index (χ1n) is 14.5. The lowest BCUT2D eigenvalue weighted by molar-refractivity contribution is -0.145. The maximum Gasteiger partial charge on any atom is 0.417 e. The molecule has 1 unspecified atom stereocenters. The second-order valence-electron chi connectivity index (χ2n) is 10.6. The number of hydrogen-bond donors (Lipinski definition) is 1. The quantitative estimate of drug-likeness (QED) is 0.171. The minimum atomic E-state index is -4.65. The highest BCUT2D eigenvalue weighted by atomic mass is 35.5. The van der Waals surface area contributed by atoms with Crippen molar-refractivity contribution < 1.29 is 27.8 Å². The van der Waals surface area contributed by atoms with E-state index < -0.39 is 29.4 Å². The van der Waals surface area contributed by atoms with Crippen LogP contribution in [0.5, 0.6) is 5.75 Å².